The van der Waals surface area contributed by atoms with E-state index in [9.17, 15) is 9.59 Å². The molecule has 0 radical (unpaired) electrons. The van der Waals surface area contributed by atoms with Crippen molar-refractivity contribution in [2.24, 2.45) is 0 Å². The molecule has 0 aliphatic carbocycles. The monoisotopic (exact) mass is 359 g/mol. The fraction of sp³-hybridized carbons (Fsp3) is 0.389. The lowest BCUT2D eigenvalue weighted by Gasteiger charge is -2.25. The fourth-order valence-corrected chi connectivity index (χ4v) is 2.80. The van der Waals surface area contributed by atoms with E-state index in [-0.39, 0.29) is 24.5 Å². The van der Waals surface area contributed by atoms with Crippen LogP contribution in [-0.4, -0.2) is 54.8 Å². The van der Waals surface area contributed by atoms with Gasteiger partial charge in [-0.3, -0.25) is 9.59 Å². The highest BCUT2D eigenvalue weighted by atomic mass is 16.5. The van der Waals surface area contributed by atoms with Crippen LogP contribution in [0.1, 0.15) is 23.2 Å². The largest absolute Gasteiger partial charge is 0.497 e. The average molecular weight is 359 g/mol. The first-order valence-electron chi connectivity index (χ1n) is 8.41. The van der Waals surface area contributed by atoms with Crippen LogP contribution >= 0.6 is 0 Å². The second kappa shape index (κ2) is 8.48. The Kier molecular flexibility index (Phi) is 5.85. The zero-order chi connectivity index (χ0) is 18.4. The minimum absolute atomic E-state index is 0.0583. The number of amides is 2. The summed E-state index contributed by atoms with van der Waals surface area (Å²) in [5, 5.41) is 6.24. The first-order valence-corrected chi connectivity index (χ1v) is 8.41. The van der Waals surface area contributed by atoms with E-state index in [1.54, 1.807) is 31.4 Å². The number of hydrogen-bond donors (Lipinski definition) is 1. The topological polar surface area (TPSA) is 93.9 Å². The number of rotatable bonds is 7. The minimum atomic E-state index is -0.348. The molecule has 138 valence electrons. The molecule has 2 amide bonds. The van der Waals surface area contributed by atoms with Crippen molar-refractivity contribution >= 4 is 17.6 Å². The van der Waals surface area contributed by atoms with Crippen LogP contribution in [0, 0.1) is 0 Å². The van der Waals surface area contributed by atoms with Crippen molar-refractivity contribution in [3.8, 4) is 5.75 Å². The van der Waals surface area contributed by atoms with Crippen molar-refractivity contribution in [2.75, 3.05) is 32.1 Å². The number of anilines is 1. The Balaban J connectivity index is 1.70. The van der Waals surface area contributed by atoms with Gasteiger partial charge >= 0.3 is 0 Å². The maximum atomic E-state index is 12.9. The Bertz CT molecular complexity index is 724. The summed E-state index contributed by atoms with van der Waals surface area (Å²) < 4.78 is 15.4. The molecule has 1 unspecified atom stereocenters. The number of aromatic nitrogens is 1. The molecular weight excluding hydrogens is 338 g/mol. The van der Waals surface area contributed by atoms with Crippen molar-refractivity contribution in [3.63, 3.8) is 0 Å². The van der Waals surface area contributed by atoms with Crippen LogP contribution in [-0.2, 0) is 9.53 Å². The van der Waals surface area contributed by atoms with Crippen molar-refractivity contribution in [1.29, 1.82) is 0 Å². The van der Waals surface area contributed by atoms with Crippen LogP contribution in [0.15, 0.2) is 41.1 Å². The van der Waals surface area contributed by atoms with E-state index in [1.165, 1.54) is 17.2 Å². The molecule has 3 rings (SSSR count). The lowest BCUT2D eigenvalue weighted by atomic mass is 10.1. The lowest BCUT2D eigenvalue weighted by Crippen LogP contribution is -2.42. The van der Waals surface area contributed by atoms with Crippen molar-refractivity contribution in [3.05, 3.63) is 42.2 Å². The zero-order valence-electron chi connectivity index (χ0n) is 14.5. The molecule has 1 aromatic carbocycles. The van der Waals surface area contributed by atoms with Crippen molar-refractivity contribution < 1.29 is 23.6 Å². The number of benzene rings is 1. The molecule has 0 bridgehead atoms. The van der Waals surface area contributed by atoms with Gasteiger partial charge in [0, 0.05) is 24.8 Å². The Labute approximate surface area is 151 Å². The number of methoxy groups -OCH3 is 1. The Hall–Kier alpha value is -2.87. The van der Waals surface area contributed by atoms with Crippen LogP contribution in [0.25, 0.3) is 0 Å². The van der Waals surface area contributed by atoms with Crippen molar-refractivity contribution in [2.45, 2.75) is 18.9 Å². The van der Waals surface area contributed by atoms with Gasteiger partial charge in [0.25, 0.3) is 5.91 Å². The van der Waals surface area contributed by atoms with Crippen LogP contribution < -0.4 is 10.1 Å². The van der Waals surface area contributed by atoms with E-state index in [0.717, 1.165) is 12.8 Å². The number of nitrogens with one attached hydrogen (secondary N) is 1. The molecule has 8 heteroatoms. The second-order valence-corrected chi connectivity index (χ2v) is 5.98. The maximum Gasteiger partial charge on any atom is 0.254 e. The van der Waals surface area contributed by atoms with Gasteiger partial charge in [0.15, 0.2) is 5.82 Å². The smallest absolute Gasteiger partial charge is 0.254 e. The third kappa shape index (κ3) is 4.60. The molecule has 1 fully saturated rings. The quantitative estimate of drug-likeness (QED) is 0.812. The zero-order valence-corrected chi connectivity index (χ0v) is 14.5. The summed E-state index contributed by atoms with van der Waals surface area (Å²) in [5.41, 5.74) is 0.484. The molecule has 2 aromatic rings. The average Bonchev–Trinajstić information content (AvgIpc) is 3.35. The molecule has 1 aromatic heterocycles. The van der Waals surface area contributed by atoms with Gasteiger partial charge in [-0.25, -0.2) is 0 Å². The molecule has 26 heavy (non-hydrogen) atoms. The standard InChI is InChI=1S/C18H21N3O5/c1-24-14-6-4-13(5-7-14)18(23)21(11-15-3-2-9-25-15)12-17(22)19-16-8-10-26-20-16/h4-8,10,15H,2-3,9,11-12H2,1H3,(H,19,20,22). The predicted octanol–water partition coefficient (Wildman–Crippen LogP) is 1.94. The summed E-state index contributed by atoms with van der Waals surface area (Å²) in [6, 6.07) is 8.33. The highest BCUT2D eigenvalue weighted by Crippen LogP contribution is 2.17. The normalized spacial score (nSPS) is 16.3. The second-order valence-electron chi connectivity index (χ2n) is 5.98. The first-order chi connectivity index (χ1) is 12.7. The maximum absolute atomic E-state index is 12.9. The summed E-state index contributed by atoms with van der Waals surface area (Å²) in [4.78, 5) is 26.7. The molecular formula is C18H21N3O5. The summed E-state index contributed by atoms with van der Waals surface area (Å²) in [6.45, 7) is 0.940. The summed E-state index contributed by atoms with van der Waals surface area (Å²) in [6.07, 6.45) is 3.14. The minimum Gasteiger partial charge on any atom is -0.497 e. The van der Waals surface area contributed by atoms with E-state index in [1.807, 2.05) is 0 Å². The Morgan fingerprint density at radius 3 is 2.73 bits per heavy atom. The number of nitrogens with zero attached hydrogens (tertiary/aromatic N) is 2. The van der Waals surface area contributed by atoms with Crippen LogP contribution in [0.5, 0.6) is 5.75 Å². The number of carbonyl (C=O) groups is 2. The van der Waals surface area contributed by atoms with E-state index in [2.05, 4.69) is 15.0 Å². The molecule has 1 aliphatic heterocycles. The number of hydrogen-bond acceptors (Lipinski definition) is 6. The van der Waals surface area contributed by atoms with E-state index in [0.29, 0.717) is 30.3 Å². The van der Waals surface area contributed by atoms with Gasteiger partial charge in [-0.2, -0.15) is 0 Å². The highest BCUT2D eigenvalue weighted by Gasteiger charge is 2.25. The molecule has 0 spiro atoms. The van der Waals surface area contributed by atoms with E-state index in [4.69, 9.17) is 9.47 Å². The van der Waals surface area contributed by atoms with E-state index < -0.39 is 0 Å². The molecule has 1 saturated heterocycles. The van der Waals surface area contributed by atoms with Gasteiger partial charge < -0.3 is 24.2 Å². The lowest BCUT2D eigenvalue weighted by molar-refractivity contribution is -0.117. The highest BCUT2D eigenvalue weighted by molar-refractivity contribution is 5.99. The first kappa shape index (κ1) is 17.9. The summed E-state index contributed by atoms with van der Waals surface area (Å²) in [7, 11) is 1.56. The van der Waals surface area contributed by atoms with Crippen molar-refractivity contribution in [1.82, 2.24) is 10.1 Å². The fourth-order valence-electron chi connectivity index (χ4n) is 2.80. The third-order valence-corrected chi connectivity index (χ3v) is 4.11. The summed E-state index contributed by atoms with van der Waals surface area (Å²) in [5.74, 6) is 0.386. The third-order valence-electron chi connectivity index (χ3n) is 4.11. The predicted molar refractivity (Wildman–Crippen MR) is 93.0 cm³/mol. The van der Waals surface area contributed by atoms with Crippen LogP contribution in [0.3, 0.4) is 0 Å². The van der Waals surface area contributed by atoms with Crippen LogP contribution in [0.4, 0.5) is 5.82 Å². The molecule has 1 N–H and O–H groups in total. The molecule has 2 heterocycles. The Morgan fingerprint density at radius 1 is 1.31 bits per heavy atom. The molecule has 0 saturated carbocycles. The van der Waals surface area contributed by atoms with Gasteiger partial charge in [0.2, 0.25) is 5.91 Å². The van der Waals surface area contributed by atoms with Gasteiger partial charge in [-0.1, -0.05) is 5.16 Å². The summed E-state index contributed by atoms with van der Waals surface area (Å²) >= 11 is 0. The van der Waals surface area contributed by atoms with Crippen LogP contribution in [0.2, 0.25) is 0 Å². The molecule has 1 atom stereocenters. The van der Waals surface area contributed by atoms with Gasteiger partial charge in [0.05, 0.1) is 13.2 Å². The van der Waals surface area contributed by atoms with Gasteiger partial charge in [-0.05, 0) is 37.1 Å². The number of carbonyl (C=O) groups excluding carboxylic acids is 2. The molecule has 8 nitrogen and oxygen atoms in total. The van der Waals surface area contributed by atoms with Gasteiger partial charge in [-0.15, -0.1) is 0 Å². The van der Waals surface area contributed by atoms with Gasteiger partial charge in [0.1, 0.15) is 18.6 Å². The Morgan fingerprint density at radius 2 is 2.12 bits per heavy atom. The molecule has 1 aliphatic rings. The number of ether oxygens (including phenoxy) is 2. The van der Waals surface area contributed by atoms with E-state index >= 15 is 0 Å². The SMILES string of the molecule is COc1ccc(C(=O)N(CC(=O)Nc2ccon2)CC2CCCO2)cc1.